The number of aryl methyl sites for hydroxylation is 1. The number of ether oxygens (including phenoxy) is 3. The topological polar surface area (TPSA) is 74.8 Å². The Labute approximate surface area is 141 Å². The molecule has 130 valence electrons. The average molecular weight is 332 g/mol. The van der Waals surface area contributed by atoms with E-state index < -0.39 is 0 Å². The Kier molecular flexibility index (Phi) is 4.64. The van der Waals surface area contributed by atoms with Crippen molar-refractivity contribution in [2.45, 2.75) is 19.1 Å². The number of rotatable bonds is 6. The van der Waals surface area contributed by atoms with Gasteiger partial charge in [0.25, 0.3) is 0 Å². The lowest BCUT2D eigenvalue weighted by Gasteiger charge is -2.23. The van der Waals surface area contributed by atoms with E-state index in [0.29, 0.717) is 18.0 Å². The van der Waals surface area contributed by atoms with Gasteiger partial charge in [-0.3, -0.25) is 9.58 Å². The summed E-state index contributed by atoms with van der Waals surface area (Å²) >= 11 is 0. The van der Waals surface area contributed by atoms with Crippen molar-refractivity contribution in [1.82, 2.24) is 14.7 Å². The number of nitrogens with zero attached hydrogens (tertiary/aromatic N) is 3. The van der Waals surface area contributed by atoms with E-state index in [2.05, 4.69) is 10.00 Å². The molecule has 7 heteroatoms. The van der Waals surface area contributed by atoms with Crippen molar-refractivity contribution < 1.29 is 14.2 Å². The summed E-state index contributed by atoms with van der Waals surface area (Å²) in [5, 5.41) is 4.24. The van der Waals surface area contributed by atoms with E-state index in [1.807, 2.05) is 30.2 Å². The van der Waals surface area contributed by atoms with E-state index >= 15 is 0 Å². The first-order chi connectivity index (χ1) is 11.6. The van der Waals surface area contributed by atoms with Crippen LogP contribution in [0.25, 0.3) is 0 Å². The van der Waals surface area contributed by atoms with Crippen LogP contribution in [0.5, 0.6) is 17.2 Å². The smallest absolute Gasteiger partial charge is 0.203 e. The van der Waals surface area contributed by atoms with Crippen LogP contribution in [0.15, 0.2) is 18.5 Å². The SMILES string of the molecule is COc1cc2c(c(OC)c1OC)CN(Cc1cnn(C)c1)C2CN. The molecule has 3 rings (SSSR count). The van der Waals surface area contributed by atoms with Gasteiger partial charge in [-0.15, -0.1) is 0 Å². The molecule has 1 aliphatic rings. The predicted octanol–water partition coefficient (Wildman–Crippen LogP) is 1.46. The zero-order chi connectivity index (χ0) is 17.3. The Morgan fingerprint density at radius 3 is 2.50 bits per heavy atom. The van der Waals surface area contributed by atoms with Gasteiger partial charge in [-0.2, -0.15) is 5.10 Å². The molecule has 1 aliphatic heterocycles. The molecule has 1 aromatic carbocycles. The largest absolute Gasteiger partial charge is 0.493 e. The Bertz CT molecular complexity index is 729. The molecule has 0 fully saturated rings. The minimum absolute atomic E-state index is 0.105. The van der Waals surface area contributed by atoms with Crippen molar-refractivity contribution in [2.24, 2.45) is 12.8 Å². The molecule has 1 atom stereocenters. The van der Waals surface area contributed by atoms with Gasteiger partial charge < -0.3 is 19.9 Å². The highest BCUT2D eigenvalue weighted by atomic mass is 16.5. The molecule has 0 saturated heterocycles. The van der Waals surface area contributed by atoms with E-state index in [1.165, 1.54) is 0 Å². The van der Waals surface area contributed by atoms with Crippen LogP contribution in [-0.2, 0) is 20.1 Å². The number of hydrogen-bond acceptors (Lipinski definition) is 6. The third-order valence-corrected chi connectivity index (χ3v) is 4.50. The standard InChI is InChI=1S/C17H24N4O3/c1-20-8-11(7-19-20)9-21-10-13-12(14(21)6-18)5-15(22-2)17(24-4)16(13)23-3/h5,7-8,14H,6,9-10,18H2,1-4H3. The number of aromatic nitrogens is 2. The Balaban J connectivity index is 2.00. The van der Waals surface area contributed by atoms with Crippen LogP contribution < -0.4 is 19.9 Å². The number of hydrogen-bond donors (Lipinski definition) is 1. The van der Waals surface area contributed by atoms with E-state index in [9.17, 15) is 0 Å². The maximum atomic E-state index is 6.08. The monoisotopic (exact) mass is 332 g/mol. The molecule has 0 aliphatic carbocycles. The molecule has 2 heterocycles. The molecular formula is C17H24N4O3. The van der Waals surface area contributed by atoms with E-state index in [4.69, 9.17) is 19.9 Å². The van der Waals surface area contributed by atoms with Crippen LogP contribution in [0.2, 0.25) is 0 Å². The number of benzene rings is 1. The fourth-order valence-corrected chi connectivity index (χ4v) is 3.44. The van der Waals surface area contributed by atoms with Crippen molar-refractivity contribution in [3.05, 3.63) is 35.2 Å². The highest BCUT2D eigenvalue weighted by Crippen LogP contribution is 2.48. The summed E-state index contributed by atoms with van der Waals surface area (Å²) in [6.45, 7) is 2.04. The second-order valence-corrected chi connectivity index (χ2v) is 5.89. The van der Waals surface area contributed by atoms with Crippen molar-refractivity contribution in [2.75, 3.05) is 27.9 Å². The molecule has 0 bridgehead atoms. The van der Waals surface area contributed by atoms with Crippen molar-refractivity contribution >= 4 is 0 Å². The summed E-state index contributed by atoms with van der Waals surface area (Å²) in [7, 11) is 6.82. The molecule has 0 spiro atoms. The first-order valence-electron chi connectivity index (χ1n) is 7.86. The van der Waals surface area contributed by atoms with Crippen molar-refractivity contribution in [1.29, 1.82) is 0 Å². The number of nitrogens with two attached hydrogens (primary N) is 1. The van der Waals surface area contributed by atoms with Crippen LogP contribution in [0, 0.1) is 0 Å². The Morgan fingerprint density at radius 2 is 1.96 bits per heavy atom. The molecule has 24 heavy (non-hydrogen) atoms. The predicted molar refractivity (Wildman–Crippen MR) is 90.3 cm³/mol. The third kappa shape index (κ3) is 2.70. The fourth-order valence-electron chi connectivity index (χ4n) is 3.44. The highest BCUT2D eigenvalue weighted by molar-refractivity contribution is 5.61. The van der Waals surface area contributed by atoms with Gasteiger partial charge in [0.2, 0.25) is 5.75 Å². The molecule has 1 aromatic heterocycles. The van der Waals surface area contributed by atoms with Crippen molar-refractivity contribution in [3.63, 3.8) is 0 Å². The minimum Gasteiger partial charge on any atom is -0.493 e. The van der Waals surface area contributed by atoms with Crippen LogP contribution in [0.3, 0.4) is 0 Å². The van der Waals surface area contributed by atoms with Crippen LogP contribution in [0.1, 0.15) is 22.7 Å². The van der Waals surface area contributed by atoms with Crippen LogP contribution >= 0.6 is 0 Å². The van der Waals surface area contributed by atoms with Gasteiger partial charge in [-0.05, 0) is 11.6 Å². The lowest BCUT2D eigenvalue weighted by atomic mass is 10.0. The maximum Gasteiger partial charge on any atom is 0.203 e. The molecule has 0 radical (unpaired) electrons. The molecular weight excluding hydrogens is 308 g/mol. The fraction of sp³-hybridized carbons (Fsp3) is 0.471. The zero-order valence-corrected chi connectivity index (χ0v) is 14.6. The van der Waals surface area contributed by atoms with Gasteiger partial charge in [-0.1, -0.05) is 0 Å². The number of fused-ring (bicyclic) bond motifs is 1. The van der Waals surface area contributed by atoms with E-state index in [0.717, 1.165) is 35.5 Å². The first-order valence-corrected chi connectivity index (χ1v) is 7.86. The van der Waals surface area contributed by atoms with Crippen molar-refractivity contribution in [3.8, 4) is 17.2 Å². The quantitative estimate of drug-likeness (QED) is 0.863. The third-order valence-electron chi connectivity index (χ3n) is 4.50. The molecule has 2 aromatic rings. The summed E-state index contributed by atoms with van der Waals surface area (Å²) in [5.41, 5.74) is 9.47. The van der Waals surface area contributed by atoms with Gasteiger partial charge in [0.1, 0.15) is 0 Å². The summed E-state index contributed by atoms with van der Waals surface area (Å²) in [6, 6.07) is 2.12. The summed E-state index contributed by atoms with van der Waals surface area (Å²) in [6.07, 6.45) is 3.91. The minimum atomic E-state index is 0.105. The maximum absolute atomic E-state index is 6.08. The molecule has 1 unspecified atom stereocenters. The Hall–Kier alpha value is -2.25. The highest BCUT2D eigenvalue weighted by Gasteiger charge is 2.34. The molecule has 2 N–H and O–H groups in total. The molecule has 7 nitrogen and oxygen atoms in total. The van der Waals surface area contributed by atoms with E-state index in [1.54, 1.807) is 21.3 Å². The van der Waals surface area contributed by atoms with Gasteiger partial charge in [0.15, 0.2) is 11.5 Å². The normalized spacial score (nSPS) is 17.0. The van der Waals surface area contributed by atoms with Crippen LogP contribution in [0.4, 0.5) is 0 Å². The van der Waals surface area contributed by atoms with Gasteiger partial charge in [-0.25, -0.2) is 0 Å². The molecule has 0 amide bonds. The first kappa shape index (κ1) is 16.6. The molecule has 0 saturated carbocycles. The lowest BCUT2D eigenvalue weighted by molar-refractivity contribution is 0.209. The summed E-state index contributed by atoms with van der Waals surface area (Å²) in [4.78, 5) is 2.32. The Morgan fingerprint density at radius 1 is 1.21 bits per heavy atom. The number of methoxy groups -OCH3 is 3. The second kappa shape index (κ2) is 6.70. The van der Waals surface area contributed by atoms with Gasteiger partial charge in [0.05, 0.1) is 27.5 Å². The summed E-state index contributed by atoms with van der Waals surface area (Å²) < 4.78 is 18.4. The van der Waals surface area contributed by atoms with Gasteiger partial charge in [0, 0.05) is 50.0 Å². The second-order valence-electron chi connectivity index (χ2n) is 5.89. The van der Waals surface area contributed by atoms with Gasteiger partial charge >= 0.3 is 0 Å². The zero-order valence-electron chi connectivity index (χ0n) is 14.6. The average Bonchev–Trinajstić information content (AvgIpc) is 3.15. The van der Waals surface area contributed by atoms with Crippen LogP contribution in [-0.4, -0.2) is 42.6 Å². The summed E-state index contributed by atoms with van der Waals surface area (Å²) in [5.74, 6) is 2.01. The van der Waals surface area contributed by atoms with E-state index in [-0.39, 0.29) is 6.04 Å². The lowest BCUT2D eigenvalue weighted by Crippen LogP contribution is -2.27.